The molecule has 9 heteroatoms. The van der Waals surface area contributed by atoms with E-state index in [0.29, 0.717) is 17.3 Å². The molecule has 1 fully saturated rings. The number of amides is 1. The number of carbonyl (C=O) groups excluding carboxylic acids is 1. The normalized spacial score (nSPS) is 19.9. The molecule has 1 aromatic heterocycles. The summed E-state index contributed by atoms with van der Waals surface area (Å²) in [5.41, 5.74) is 8.13. The number of hydrogen-bond donors (Lipinski definition) is 4. The van der Waals surface area contributed by atoms with E-state index in [9.17, 15) is 9.90 Å². The van der Waals surface area contributed by atoms with E-state index in [2.05, 4.69) is 57.9 Å². The molecule has 4 rings (SSSR count). The predicted molar refractivity (Wildman–Crippen MR) is 109 cm³/mol. The van der Waals surface area contributed by atoms with Crippen LogP contribution in [-0.4, -0.2) is 22.0 Å². The third-order valence-corrected chi connectivity index (χ3v) is 5.46. The molecule has 2 atom stereocenters. The van der Waals surface area contributed by atoms with Crippen molar-refractivity contribution in [2.24, 2.45) is 10.2 Å². The molecule has 4 N–H and O–H groups in total. The van der Waals surface area contributed by atoms with Crippen molar-refractivity contribution in [3.05, 3.63) is 57.0 Å². The van der Waals surface area contributed by atoms with E-state index in [4.69, 9.17) is 0 Å². The summed E-state index contributed by atoms with van der Waals surface area (Å²) < 4.78 is 1.85. The Morgan fingerprint density at radius 3 is 2.59 bits per heavy atom. The molecule has 1 saturated heterocycles. The Morgan fingerprint density at radius 2 is 1.81 bits per heavy atom. The molecule has 1 aliphatic heterocycles. The smallest absolute Gasteiger partial charge is 0.282 e. The van der Waals surface area contributed by atoms with Crippen LogP contribution in [0.15, 0.2) is 61.6 Å². The molecule has 3 aromatic rings. The van der Waals surface area contributed by atoms with Crippen molar-refractivity contribution >= 4 is 54.4 Å². The number of aromatic hydroxyl groups is 1. The monoisotopic (exact) mass is 491 g/mol. The zero-order valence-corrected chi connectivity index (χ0v) is 17.1. The Hall–Kier alpha value is -2.07. The van der Waals surface area contributed by atoms with Crippen LogP contribution in [0.4, 0.5) is 5.69 Å². The maximum Gasteiger partial charge on any atom is 0.282 e. The summed E-state index contributed by atoms with van der Waals surface area (Å²) in [6.07, 6.45) is 0.560. The number of benzene rings is 2. The largest absolute Gasteiger partial charge is 0.493 e. The zero-order chi connectivity index (χ0) is 19.0. The van der Waals surface area contributed by atoms with Crippen molar-refractivity contribution in [1.29, 1.82) is 0 Å². The lowest BCUT2D eigenvalue weighted by Crippen LogP contribution is -2.35. The lowest BCUT2D eigenvalue weighted by atomic mass is 10.0. The number of hydrogen-bond acceptors (Lipinski definition) is 5. The highest BCUT2D eigenvalue weighted by Gasteiger charge is 2.30. The van der Waals surface area contributed by atoms with Crippen LogP contribution >= 0.6 is 31.9 Å². The van der Waals surface area contributed by atoms with Crippen LogP contribution < -0.4 is 10.9 Å². The zero-order valence-electron chi connectivity index (χ0n) is 13.9. The van der Waals surface area contributed by atoms with E-state index in [-0.39, 0.29) is 17.6 Å². The molecular formula is C18H15Br2N5O2. The van der Waals surface area contributed by atoms with Gasteiger partial charge in [-0.2, -0.15) is 0 Å². The number of aromatic nitrogens is 1. The van der Waals surface area contributed by atoms with Gasteiger partial charge < -0.3 is 10.1 Å². The second-order valence-electron chi connectivity index (χ2n) is 6.23. The fraction of sp³-hybridized carbons (Fsp3) is 0.167. The number of hydrazine groups is 1. The number of nitrogens with one attached hydrogen (secondary N) is 3. The number of azo groups is 1. The molecule has 2 heterocycles. The minimum absolute atomic E-state index is 0.0136. The predicted octanol–water partition coefficient (Wildman–Crippen LogP) is 4.62. The Labute approximate surface area is 171 Å². The van der Waals surface area contributed by atoms with Crippen molar-refractivity contribution in [3.63, 3.8) is 0 Å². The van der Waals surface area contributed by atoms with Crippen molar-refractivity contribution in [3.8, 4) is 5.88 Å². The van der Waals surface area contributed by atoms with Gasteiger partial charge in [0.1, 0.15) is 6.04 Å². The maximum atomic E-state index is 12.4. The number of aromatic amines is 1. The van der Waals surface area contributed by atoms with Crippen LogP contribution in [-0.2, 0) is 4.79 Å². The van der Waals surface area contributed by atoms with Gasteiger partial charge in [0.15, 0.2) is 5.69 Å². The van der Waals surface area contributed by atoms with Crippen LogP contribution in [0, 0.1) is 0 Å². The lowest BCUT2D eigenvalue weighted by molar-refractivity contribution is -0.120. The Balaban J connectivity index is 1.49. The third kappa shape index (κ3) is 3.81. The summed E-state index contributed by atoms with van der Waals surface area (Å²) in [7, 11) is 0. The standard InChI is InChI=1S/C18H15Br2N5O2/c19-10-3-1-9(2-4-10)14-8-15(23-22-14)17(26)25-24-16-12-7-11(20)5-6-13(12)21-18(16)27/h1-7,14-15,21-23,27H,8H2. The first-order valence-electron chi connectivity index (χ1n) is 8.23. The number of rotatable bonds is 3. The average Bonchev–Trinajstić information content (AvgIpc) is 3.25. The summed E-state index contributed by atoms with van der Waals surface area (Å²) in [4.78, 5) is 15.2. The van der Waals surface area contributed by atoms with E-state index in [0.717, 1.165) is 14.5 Å². The van der Waals surface area contributed by atoms with Gasteiger partial charge in [-0.1, -0.05) is 44.0 Å². The van der Waals surface area contributed by atoms with Crippen LogP contribution in [0.2, 0.25) is 0 Å². The van der Waals surface area contributed by atoms with Crippen LogP contribution in [0.3, 0.4) is 0 Å². The van der Waals surface area contributed by atoms with Gasteiger partial charge in [-0.05, 0) is 42.3 Å². The first kappa shape index (κ1) is 18.3. The molecule has 0 spiro atoms. The lowest BCUT2D eigenvalue weighted by Gasteiger charge is -2.08. The first-order chi connectivity index (χ1) is 13.0. The van der Waals surface area contributed by atoms with Gasteiger partial charge in [0, 0.05) is 20.4 Å². The number of fused-ring (bicyclic) bond motifs is 1. The van der Waals surface area contributed by atoms with Crippen molar-refractivity contribution in [2.45, 2.75) is 18.5 Å². The summed E-state index contributed by atoms with van der Waals surface area (Å²) in [6.45, 7) is 0. The summed E-state index contributed by atoms with van der Waals surface area (Å²) in [5.74, 6) is -0.518. The second kappa shape index (κ2) is 7.51. The van der Waals surface area contributed by atoms with E-state index >= 15 is 0 Å². The minimum atomic E-state index is -0.485. The molecule has 0 saturated carbocycles. The SMILES string of the molecule is O=C(N=Nc1c(O)[nH]c2ccc(Br)cc12)C1CC(c2ccc(Br)cc2)NN1. The minimum Gasteiger partial charge on any atom is -0.493 e. The van der Waals surface area contributed by atoms with Gasteiger partial charge in [-0.3, -0.25) is 4.79 Å². The molecule has 138 valence electrons. The number of halogens is 2. The number of carbonyl (C=O) groups is 1. The van der Waals surface area contributed by atoms with E-state index in [1.54, 1.807) is 0 Å². The molecule has 0 bridgehead atoms. The van der Waals surface area contributed by atoms with Gasteiger partial charge in [-0.25, -0.2) is 10.9 Å². The number of H-pyrrole nitrogens is 1. The highest BCUT2D eigenvalue weighted by Crippen LogP contribution is 2.37. The van der Waals surface area contributed by atoms with Crippen molar-refractivity contribution in [2.75, 3.05) is 0 Å². The molecule has 1 aliphatic rings. The molecular weight excluding hydrogens is 478 g/mol. The van der Waals surface area contributed by atoms with Gasteiger partial charge in [0.25, 0.3) is 5.91 Å². The van der Waals surface area contributed by atoms with Crippen molar-refractivity contribution in [1.82, 2.24) is 15.8 Å². The topological polar surface area (TPSA) is 102 Å². The number of nitrogens with zero attached hydrogens (tertiary/aromatic N) is 2. The first-order valence-corrected chi connectivity index (χ1v) is 9.82. The van der Waals surface area contributed by atoms with Gasteiger partial charge in [0.2, 0.25) is 5.88 Å². The Kier molecular flexibility index (Phi) is 5.09. The summed E-state index contributed by atoms with van der Waals surface area (Å²) >= 11 is 6.80. The fourth-order valence-corrected chi connectivity index (χ4v) is 3.66. The Morgan fingerprint density at radius 1 is 1.07 bits per heavy atom. The van der Waals surface area contributed by atoms with E-state index in [1.807, 2.05) is 42.5 Å². The highest BCUT2D eigenvalue weighted by atomic mass is 79.9. The molecule has 7 nitrogen and oxygen atoms in total. The second-order valence-corrected chi connectivity index (χ2v) is 8.06. The fourth-order valence-electron chi connectivity index (χ4n) is 3.04. The van der Waals surface area contributed by atoms with Crippen LogP contribution in [0.25, 0.3) is 10.9 Å². The van der Waals surface area contributed by atoms with Crippen LogP contribution in [0.5, 0.6) is 5.88 Å². The molecule has 2 aromatic carbocycles. The third-order valence-electron chi connectivity index (χ3n) is 4.44. The molecule has 27 heavy (non-hydrogen) atoms. The molecule has 2 unspecified atom stereocenters. The Bertz CT molecular complexity index is 1030. The molecule has 0 radical (unpaired) electrons. The summed E-state index contributed by atoms with van der Waals surface area (Å²) in [5, 5.41) is 18.5. The van der Waals surface area contributed by atoms with E-state index < -0.39 is 11.9 Å². The van der Waals surface area contributed by atoms with Gasteiger partial charge in [-0.15, -0.1) is 10.2 Å². The van der Waals surface area contributed by atoms with Crippen LogP contribution in [0.1, 0.15) is 18.0 Å². The van der Waals surface area contributed by atoms with E-state index in [1.165, 1.54) is 0 Å². The van der Waals surface area contributed by atoms with Gasteiger partial charge in [0.05, 0.1) is 5.52 Å². The van der Waals surface area contributed by atoms with Gasteiger partial charge >= 0.3 is 0 Å². The molecule has 0 aliphatic carbocycles. The maximum absolute atomic E-state index is 12.4. The summed E-state index contributed by atoms with van der Waals surface area (Å²) in [6, 6.07) is 12.9. The van der Waals surface area contributed by atoms with Crippen molar-refractivity contribution < 1.29 is 9.90 Å². The quantitative estimate of drug-likeness (QED) is 0.401. The highest BCUT2D eigenvalue weighted by molar-refractivity contribution is 9.10. The molecule has 1 amide bonds. The average molecular weight is 493 g/mol.